The van der Waals surface area contributed by atoms with E-state index in [1.807, 2.05) is 12.1 Å². The van der Waals surface area contributed by atoms with E-state index in [1.165, 1.54) is 0 Å². The Morgan fingerprint density at radius 2 is 2.27 bits per heavy atom. The minimum Gasteiger partial charge on any atom is -0.504 e. The zero-order valence-electron chi connectivity index (χ0n) is 14.5. The zero-order chi connectivity index (χ0) is 18.3. The molecule has 2 N–H and O–H groups in total. The molecule has 1 fully saturated rings. The number of pyridine rings is 1. The van der Waals surface area contributed by atoms with Crippen LogP contribution in [-0.4, -0.2) is 34.4 Å². The number of aliphatic imine (C=N–C) groups is 1. The summed E-state index contributed by atoms with van der Waals surface area (Å²) in [6.07, 6.45) is 6.68. The summed E-state index contributed by atoms with van der Waals surface area (Å²) in [7, 11) is 0. The second-order valence-electron chi connectivity index (χ2n) is 6.62. The molecule has 0 aromatic carbocycles. The van der Waals surface area contributed by atoms with Crippen LogP contribution in [-0.2, 0) is 4.74 Å². The molecule has 0 amide bonds. The van der Waals surface area contributed by atoms with Crippen molar-refractivity contribution in [3.63, 3.8) is 0 Å². The van der Waals surface area contributed by atoms with Gasteiger partial charge in [0.05, 0.1) is 6.10 Å². The monoisotopic (exact) mass is 353 g/mol. The molecule has 4 rings (SSSR count). The fourth-order valence-electron chi connectivity index (χ4n) is 2.70. The summed E-state index contributed by atoms with van der Waals surface area (Å²) in [5.74, 6) is 0.180. The quantitative estimate of drug-likeness (QED) is 0.794. The molecule has 7 nitrogen and oxygen atoms in total. The highest BCUT2D eigenvalue weighted by atomic mass is 16.5. The summed E-state index contributed by atoms with van der Waals surface area (Å²) in [6, 6.07) is 3.96. The Morgan fingerprint density at radius 1 is 1.46 bits per heavy atom. The van der Waals surface area contributed by atoms with Crippen LogP contribution in [0.2, 0.25) is 0 Å². The number of hydrogen-bond acceptors (Lipinski definition) is 7. The maximum absolute atomic E-state index is 12.4. The minimum atomic E-state index is -0.615. The summed E-state index contributed by atoms with van der Waals surface area (Å²) in [5, 5.41) is 13.7. The number of hydrogen-bond donors (Lipinski definition) is 2. The van der Waals surface area contributed by atoms with Crippen LogP contribution >= 0.6 is 0 Å². The number of carbonyl (C=O) groups is 1. The fraction of sp³-hybridized carbons (Fsp3) is 0.316. The standard InChI is InChI=1S/C19H19N3O4/c1-10(2)25-19(24)15-16(23)14(26-18(15)22-12-5-6-12)8-11-9-21-17-13(11)4-3-7-20-17/h3-4,7-10,12,22-23H,5-6H2,1-2H3. The van der Waals surface area contributed by atoms with Crippen LogP contribution in [0, 0.1) is 0 Å². The van der Waals surface area contributed by atoms with E-state index >= 15 is 0 Å². The number of furan rings is 1. The van der Waals surface area contributed by atoms with E-state index < -0.39 is 5.97 Å². The van der Waals surface area contributed by atoms with Gasteiger partial charge in [0, 0.05) is 29.6 Å². The number of nitrogens with one attached hydrogen (secondary N) is 1. The van der Waals surface area contributed by atoms with Crippen molar-refractivity contribution >= 4 is 35.5 Å². The van der Waals surface area contributed by atoms with Crippen LogP contribution in [0.25, 0.3) is 11.6 Å². The SMILES string of the molecule is CC(C)OC(=O)c1c(NC2CC2)oc(C=C2C=Nc3ncccc32)c1O. The van der Waals surface area contributed by atoms with Crippen molar-refractivity contribution in [3.8, 4) is 5.75 Å². The van der Waals surface area contributed by atoms with Gasteiger partial charge in [-0.25, -0.2) is 14.8 Å². The number of nitrogens with zero attached hydrogens (tertiary/aromatic N) is 2. The van der Waals surface area contributed by atoms with E-state index in [2.05, 4.69) is 15.3 Å². The van der Waals surface area contributed by atoms with Crippen LogP contribution in [0.5, 0.6) is 5.75 Å². The highest BCUT2D eigenvalue weighted by Gasteiger charge is 2.31. The number of esters is 1. The Bertz CT molecular complexity index is 923. The van der Waals surface area contributed by atoms with E-state index in [9.17, 15) is 9.90 Å². The zero-order valence-corrected chi connectivity index (χ0v) is 14.5. The van der Waals surface area contributed by atoms with Crippen LogP contribution in [0.3, 0.4) is 0 Å². The summed E-state index contributed by atoms with van der Waals surface area (Å²) in [6.45, 7) is 3.51. The lowest BCUT2D eigenvalue weighted by molar-refractivity contribution is 0.0376. The summed E-state index contributed by atoms with van der Waals surface area (Å²) in [4.78, 5) is 20.8. The summed E-state index contributed by atoms with van der Waals surface area (Å²) < 4.78 is 11.0. The predicted octanol–water partition coefficient (Wildman–Crippen LogP) is 3.78. The van der Waals surface area contributed by atoms with Gasteiger partial charge < -0.3 is 19.6 Å². The van der Waals surface area contributed by atoms with Crippen molar-refractivity contribution in [1.29, 1.82) is 0 Å². The molecule has 3 heterocycles. The second-order valence-corrected chi connectivity index (χ2v) is 6.62. The molecule has 0 radical (unpaired) electrons. The average molecular weight is 353 g/mol. The normalized spacial score (nSPS) is 17.0. The molecule has 1 aliphatic carbocycles. The van der Waals surface area contributed by atoms with Crippen molar-refractivity contribution in [3.05, 3.63) is 35.2 Å². The molecule has 0 atom stereocenters. The molecule has 1 aliphatic heterocycles. The van der Waals surface area contributed by atoms with Gasteiger partial charge in [-0.1, -0.05) is 0 Å². The molecule has 0 bridgehead atoms. The van der Waals surface area contributed by atoms with Gasteiger partial charge in [0.2, 0.25) is 5.88 Å². The third kappa shape index (κ3) is 3.08. The Labute approximate surface area is 150 Å². The Kier molecular flexibility index (Phi) is 3.99. The van der Waals surface area contributed by atoms with Gasteiger partial charge in [-0.3, -0.25) is 0 Å². The van der Waals surface area contributed by atoms with Gasteiger partial charge in [0.15, 0.2) is 22.9 Å². The van der Waals surface area contributed by atoms with Crippen molar-refractivity contribution in [1.82, 2.24) is 4.98 Å². The fourth-order valence-corrected chi connectivity index (χ4v) is 2.70. The van der Waals surface area contributed by atoms with E-state index in [1.54, 1.807) is 32.3 Å². The smallest absolute Gasteiger partial charge is 0.347 e. The van der Waals surface area contributed by atoms with Gasteiger partial charge >= 0.3 is 5.97 Å². The van der Waals surface area contributed by atoms with Gasteiger partial charge in [-0.05, 0) is 44.9 Å². The first-order chi connectivity index (χ1) is 12.5. The van der Waals surface area contributed by atoms with Crippen LogP contribution in [0.1, 0.15) is 48.4 Å². The lowest BCUT2D eigenvalue weighted by Crippen LogP contribution is -2.13. The number of allylic oxidation sites excluding steroid dienone is 1. The molecule has 2 aliphatic rings. The first kappa shape index (κ1) is 16.4. The molecule has 7 heteroatoms. The molecule has 26 heavy (non-hydrogen) atoms. The Hall–Kier alpha value is -3.09. The highest BCUT2D eigenvalue weighted by Crippen LogP contribution is 2.40. The third-order valence-corrected chi connectivity index (χ3v) is 4.08. The lowest BCUT2D eigenvalue weighted by atomic mass is 10.1. The summed E-state index contributed by atoms with van der Waals surface area (Å²) >= 11 is 0. The van der Waals surface area contributed by atoms with Crippen molar-refractivity contribution in [2.75, 3.05) is 5.32 Å². The number of rotatable bonds is 5. The Morgan fingerprint density at radius 3 is 3.00 bits per heavy atom. The molecule has 1 saturated carbocycles. The third-order valence-electron chi connectivity index (χ3n) is 4.08. The van der Waals surface area contributed by atoms with Crippen molar-refractivity contribution in [2.24, 2.45) is 4.99 Å². The first-order valence-corrected chi connectivity index (χ1v) is 8.57. The Balaban J connectivity index is 1.73. The van der Waals surface area contributed by atoms with E-state index in [4.69, 9.17) is 9.15 Å². The molecule has 0 saturated heterocycles. The van der Waals surface area contributed by atoms with E-state index in [0.717, 1.165) is 24.0 Å². The largest absolute Gasteiger partial charge is 0.504 e. The maximum Gasteiger partial charge on any atom is 0.347 e. The minimum absolute atomic E-state index is 0.0267. The maximum atomic E-state index is 12.4. The number of carbonyl (C=O) groups excluding carboxylic acids is 1. The van der Waals surface area contributed by atoms with Gasteiger partial charge in [0.25, 0.3) is 0 Å². The average Bonchev–Trinajstić information content (AvgIpc) is 3.23. The van der Waals surface area contributed by atoms with E-state index in [-0.39, 0.29) is 35.1 Å². The molecule has 2 aromatic rings. The number of anilines is 1. The molecular formula is C19H19N3O4. The molecule has 134 valence electrons. The van der Waals surface area contributed by atoms with Crippen LogP contribution in [0.4, 0.5) is 11.7 Å². The topological polar surface area (TPSA) is 97.0 Å². The van der Waals surface area contributed by atoms with Crippen molar-refractivity contribution in [2.45, 2.75) is 38.8 Å². The number of aromatic nitrogens is 1. The van der Waals surface area contributed by atoms with Gasteiger partial charge in [-0.15, -0.1) is 0 Å². The first-order valence-electron chi connectivity index (χ1n) is 8.57. The van der Waals surface area contributed by atoms with Crippen molar-refractivity contribution < 1.29 is 19.1 Å². The number of aromatic hydroxyl groups is 1. The molecule has 0 unspecified atom stereocenters. The summed E-state index contributed by atoms with van der Waals surface area (Å²) in [5.41, 5.74) is 1.61. The second kappa shape index (κ2) is 6.33. The number of fused-ring (bicyclic) bond motifs is 1. The van der Waals surface area contributed by atoms with E-state index in [0.29, 0.717) is 5.82 Å². The van der Waals surface area contributed by atoms with Crippen LogP contribution < -0.4 is 5.32 Å². The predicted molar refractivity (Wildman–Crippen MR) is 97.8 cm³/mol. The van der Waals surface area contributed by atoms with Crippen LogP contribution in [0.15, 0.2) is 27.7 Å². The number of ether oxygens (including phenoxy) is 1. The highest BCUT2D eigenvalue weighted by molar-refractivity contribution is 6.21. The van der Waals surface area contributed by atoms with Gasteiger partial charge in [-0.2, -0.15) is 0 Å². The molecule has 2 aromatic heterocycles. The molecular weight excluding hydrogens is 334 g/mol. The van der Waals surface area contributed by atoms with Gasteiger partial charge in [0.1, 0.15) is 0 Å². The lowest BCUT2D eigenvalue weighted by Gasteiger charge is -2.08. The molecule has 0 spiro atoms.